The van der Waals surface area contributed by atoms with Gasteiger partial charge in [0.05, 0.1) is 6.61 Å². The minimum Gasteiger partial charge on any atom is -0.378 e. The summed E-state index contributed by atoms with van der Waals surface area (Å²) < 4.78 is 6.98. The molecule has 2 aromatic heterocycles. The van der Waals surface area contributed by atoms with E-state index in [-0.39, 0.29) is 5.91 Å². The van der Waals surface area contributed by atoms with Gasteiger partial charge in [0.2, 0.25) is 0 Å². The molecule has 1 aromatic carbocycles. The van der Waals surface area contributed by atoms with Gasteiger partial charge in [-0.15, -0.1) is 11.3 Å². The number of benzene rings is 1. The fourth-order valence-corrected chi connectivity index (χ4v) is 3.09. The van der Waals surface area contributed by atoms with Crippen molar-refractivity contribution in [1.82, 2.24) is 9.55 Å². The standard InChI is InChI=1S/C19H19N3O2S/c1-14-6-8-15(9-7-14)11-22-10-4-3-5-17(22)21-19(23)16-13-25-18(20-16)12-24-2/h3-10,13H,11-12H2,1-2H3. The molecule has 0 aliphatic heterocycles. The molecule has 0 saturated carbocycles. The van der Waals surface area contributed by atoms with Gasteiger partial charge in [-0.1, -0.05) is 35.9 Å². The Kier molecular flexibility index (Phi) is 5.53. The number of rotatable bonds is 5. The van der Waals surface area contributed by atoms with Gasteiger partial charge in [-0.3, -0.25) is 4.79 Å². The molecule has 0 aliphatic rings. The zero-order valence-electron chi connectivity index (χ0n) is 14.2. The zero-order valence-corrected chi connectivity index (χ0v) is 15.0. The number of nitrogens with zero attached hydrogens (tertiary/aromatic N) is 3. The van der Waals surface area contributed by atoms with Crippen LogP contribution in [0.2, 0.25) is 0 Å². The van der Waals surface area contributed by atoms with Gasteiger partial charge in [0.15, 0.2) is 0 Å². The number of hydrogen-bond donors (Lipinski definition) is 0. The van der Waals surface area contributed by atoms with E-state index < -0.39 is 0 Å². The zero-order chi connectivity index (χ0) is 17.6. The van der Waals surface area contributed by atoms with Crippen molar-refractivity contribution in [2.75, 3.05) is 7.11 Å². The molecular weight excluding hydrogens is 334 g/mol. The maximum absolute atomic E-state index is 12.4. The highest BCUT2D eigenvalue weighted by molar-refractivity contribution is 7.09. The molecular formula is C19H19N3O2S. The van der Waals surface area contributed by atoms with Gasteiger partial charge in [0.25, 0.3) is 5.91 Å². The van der Waals surface area contributed by atoms with Gasteiger partial charge < -0.3 is 9.30 Å². The minimum atomic E-state index is -0.345. The Labute approximate surface area is 150 Å². The highest BCUT2D eigenvalue weighted by atomic mass is 32.1. The van der Waals surface area contributed by atoms with Gasteiger partial charge in [-0.2, -0.15) is 4.99 Å². The van der Waals surface area contributed by atoms with Crippen molar-refractivity contribution in [2.45, 2.75) is 20.1 Å². The molecule has 0 fully saturated rings. The Balaban J connectivity index is 1.87. The van der Waals surface area contributed by atoms with E-state index in [2.05, 4.69) is 41.2 Å². The number of hydrogen-bond acceptors (Lipinski definition) is 4. The number of carbonyl (C=O) groups is 1. The van der Waals surface area contributed by atoms with E-state index in [0.29, 0.717) is 24.3 Å². The maximum atomic E-state index is 12.4. The first-order valence-corrected chi connectivity index (χ1v) is 8.77. The third-order valence-corrected chi connectivity index (χ3v) is 4.47. The first-order valence-electron chi connectivity index (χ1n) is 7.89. The third-order valence-electron chi connectivity index (χ3n) is 3.64. The molecule has 0 spiro atoms. The average molecular weight is 353 g/mol. The van der Waals surface area contributed by atoms with Crippen LogP contribution in [-0.4, -0.2) is 22.6 Å². The first-order chi connectivity index (χ1) is 12.2. The smallest absolute Gasteiger partial charge is 0.298 e. The van der Waals surface area contributed by atoms with Crippen molar-refractivity contribution in [3.05, 3.63) is 81.4 Å². The predicted molar refractivity (Wildman–Crippen MR) is 97.4 cm³/mol. The summed E-state index contributed by atoms with van der Waals surface area (Å²) in [6, 6.07) is 13.9. The molecule has 0 saturated heterocycles. The lowest BCUT2D eigenvalue weighted by Crippen LogP contribution is -2.22. The fraction of sp³-hybridized carbons (Fsp3) is 0.211. The molecule has 0 aliphatic carbocycles. The largest absolute Gasteiger partial charge is 0.378 e. The molecule has 0 radical (unpaired) electrons. The molecule has 1 amide bonds. The van der Waals surface area contributed by atoms with Crippen molar-refractivity contribution in [2.24, 2.45) is 4.99 Å². The summed E-state index contributed by atoms with van der Waals surface area (Å²) in [5.41, 5.74) is 3.33. The van der Waals surface area contributed by atoms with E-state index >= 15 is 0 Å². The maximum Gasteiger partial charge on any atom is 0.298 e. The number of pyridine rings is 1. The molecule has 25 heavy (non-hydrogen) atoms. The number of aryl methyl sites for hydroxylation is 1. The van der Waals surface area contributed by atoms with Crippen LogP contribution in [0.1, 0.15) is 26.6 Å². The molecule has 2 heterocycles. The number of ether oxygens (including phenoxy) is 1. The minimum absolute atomic E-state index is 0.345. The van der Waals surface area contributed by atoms with E-state index in [9.17, 15) is 4.79 Å². The Bertz CT molecular complexity index is 926. The van der Waals surface area contributed by atoms with Crippen LogP contribution in [0.25, 0.3) is 0 Å². The van der Waals surface area contributed by atoms with Crippen LogP contribution < -0.4 is 5.49 Å². The first kappa shape index (κ1) is 17.3. The number of amides is 1. The molecule has 0 unspecified atom stereocenters. The lowest BCUT2D eigenvalue weighted by molar-refractivity contribution is 0.0992. The van der Waals surface area contributed by atoms with Crippen LogP contribution in [0, 0.1) is 6.92 Å². The van der Waals surface area contributed by atoms with Crippen LogP contribution in [0.4, 0.5) is 0 Å². The summed E-state index contributed by atoms with van der Waals surface area (Å²) in [6.45, 7) is 3.11. The quantitative estimate of drug-likeness (QED) is 0.708. The lowest BCUT2D eigenvalue weighted by Gasteiger charge is -2.07. The van der Waals surface area contributed by atoms with Crippen LogP contribution in [-0.2, 0) is 17.9 Å². The van der Waals surface area contributed by atoms with Crippen molar-refractivity contribution >= 4 is 17.2 Å². The summed E-state index contributed by atoms with van der Waals surface area (Å²) in [7, 11) is 1.60. The SMILES string of the molecule is COCc1nc(C(=O)N=c2ccccn2Cc2ccc(C)cc2)cs1. The summed E-state index contributed by atoms with van der Waals surface area (Å²) in [6.07, 6.45) is 1.92. The number of methoxy groups -OCH3 is 1. The van der Waals surface area contributed by atoms with Crippen molar-refractivity contribution < 1.29 is 9.53 Å². The molecule has 0 bridgehead atoms. The topological polar surface area (TPSA) is 56.5 Å². The molecule has 6 heteroatoms. The van der Waals surface area contributed by atoms with Crippen LogP contribution in [0.15, 0.2) is 59.0 Å². The second-order valence-electron chi connectivity index (χ2n) is 5.65. The van der Waals surface area contributed by atoms with Crippen molar-refractivity contribution in [1.29, 1.82) is 0 Å². The van der Waals surface area contributed by atoms with Crippen molar-refractivity contribution in [3.63, 3.8) is 0 Å². The van der Waals surface area contributed by atoms with Gasteiger partial charge in [-0.05, 0) is 24.6 Å². The van der Waals surface area contributed by atoms with Crippen LogP contribution in [0.5, 0.6) is 0 Å². The summed E-state index contributed by atoms with van der Waals surface area (Å²) in [4.78, 5) is 20.9. The third kappa shape index (κ3) is 4.49. The van der Waals surface area contributed by atoms with E-state index in [1.54, 1.807) is 12.5 Å². The second-order valence-corrected chi connectivity index (χ2v) is 6.59. The molecule has 5 nitrogen and oxygen atoms in total. The number of thiazole rings is 1. The molecule has 0 N–H and O–H groups in total. The molecule has 3 aromatic rings. The Morgan fingerprint density at radius 2 is 2.04 bits per heavy atom. The highest BCUT2D eigenvalue weighted by Crippen LogP contribution is 2.11. The van der Waals surface area contributed by atoms with Crippen LogP contribution in [0.3, 0.4) is 0 Å². The van der Waals surface area contributed by atoms with Crippen molar-refractivity contribution in [3.8, 4) is 0 Å². The Morgan fingerprint density at radius 3 is 2.80 bits per heavy atom. The van der Waals surface area contributed by atoms with Gasteiger partial charge in [0.1, 0.15) is 16.2 Å². The second kappa shape index (κ2) is 8.00. The average Bonchev–Trinajstić information content (AvgIpc) is 3.08. The highest BCUT2D eigenvalue weighted by Gasteiger charge is 2.10. The predicted octanol–water partition coefficient (Wildman–Crippen LogP) is 3.19. The van der Waals surface area contributed by atoms with E-state index in [0.717, 1.165) is 10.6 Å². The molecule has 128 valence electrons. The summed E-state index contributed by atoms with van der Waals surface area (Å²) in [5, 5.41) is 2.48. The fourth-order valence-electron chi connectivity index (χ4n) is 2.35. The normalized spacial score (nSPS) is 11.7. The van der Waals surface area contributed by atoms with Gasteiger partial charge >= 0.3 is 0 Å². The summed E-state index contributed by atoms with van der Waals surface area (Å²) >= 11 is 1.40. The summed E-state index contributed by atoms with van der Waals surface area (Å²) in [5.74, 6) is -0.345. The molecule has 0 atom stereocenters. The van der Waals surface area contributed by atoms with Crippen LogP contribution >= 0.6 is 11.3 Å². The van der Waals surface area contributed by atoms with E-state index in [1.807, 2.05) is 29.0 Å². The van der Waals surface area contributed by atoms with Gasteiger partial charge in [-0.25, -0.2) is 4.98 Å². The monoisotopic (exact) mass is 353 g/mol. The van der Waals surface area contributed by atoms with E-state index in [4.69, 9.17) is 4.74 Å². The lowest BCUT2D eigenvalue weighted by atomic mass is 10.1. The molecule has 3 rings (SSSR count). The Hall–Kier alpha value is -2.57. The number of carbonyl (C=O) groups excluding carboxylic acids is 1. The Morgan fingerprint density at radius 1 is 1.24 bits per heavy atom. The number of aromatic nitrogens is 2. The van der Waals surface area contributed by atoms with E-state index in [1.165, 1.54) is 16.9 Å². The van der Waals surface area contributed by atoms with Gasteiger partial charge in [0, 0.05) is 25.2 Å².